The lowest BCUT2D eigenvalue weighted by molar-refractivity contribution is -0.128. The van der Waals surface area contributed by atoms with Crippen molar-refractivity contribution in [1.82, 2.24) is 10.6 Å². The van der Waals surface area contributed by atoms with Crippen LogP contribution < -0.4 is 10.6 Å². The molecular weight excluding hydrogens is 320 g/mol. The zero-order valence-electron chi connectivity index (χ0n) is 11.7. The van der Waals surface area contributed by atoms with Gasteiger partial charge in [-0.3, -0.25) is 4.79 Å². The molecule has 1 amide bonds. The molecule has 4 nitrogen and oxygen atoms in total. The van der Waals surface area contributed by atoms with Crippen LogP contribution in [0.15, 0.2) is 28.7 Å². The second kappa shape index (κ2) is 7.76. The largest absolute Gasteiger partial charge is 0.368 e. The summed E-state index contributed by atoms with van der Waals surface area (Å²) in [5.41, 5.74) is 1.09. The van der Waals surface area contributed by atoms with Crippen LogP contribution in [0, 0.1) is 0 Å². The Bertz CT molecular complexity index is 430. The molecule has 0 spiro atoms. The Labute approximate surface area is 128 Å². The van der Waals surface area contributed by atoms with Gasteiger partial charge in [0, 0.05) is 4.47 Å². The summed E-state index contributed by atoms with van der Waals surface area (Å²) in [5, 5.41) is 6.24. The van der Waals surface area contributed by atoms with Gasteiger partial charge in [-0.15, -0.1) is 0 Å². The molecule has 2 N–H and O–H groups in total. The van der Waals surface area contributed by atoms with E-state index in [4.69, 9.17) is 4.74 Å². The van der Waals surface area contributed by atoms with E-state index < -0.39 is 0 Å². The standard InChI is InChI=1S/C15H21BrN2O2/c1-11(12-2-4-13(16)5-3-12)18-15(19)10-20-14-6-8-17-9-7-14/h2-5,11,14,17H,6-10H2,1H3,(H,18,19)/t11-/m0/s1. The van der Waals surface area contributed by atoms with E-state index in [2.05, 4.69) is 26.6 Å². The van der Waals surface area contributed by atoms with Crippen molar-refractivity contribution in [3.63, 3.8) is 0 Å². The van der Waals surface area contributed by atoms with Crippen LogP contribution in [-0.2, 0) is 9.53 Å². The molecule has 0 aromatic heterocycles. The molecule has 0 saturated carbocycles. The molecule has 110 valence electrons. The highest BCUT2D eigenvalue weighted by molar-refractivity contribution is 9.10. The highest BCUT2D eigenvalue weighted by atomic mass is 79.9. The number of amides is 1. The maximum Gasteiger partial charge on any atom is 0.246 e. The van der Waals surface area contributed by atoms with E-state index in [9.17, 15) is 4.79 Å². The van der Waals surface area contributed by atoms with Crippen LogP contribution in [0.2, 0.25) is 0 Å². The smallest absolute Gasteiger partial charge is 0.246 e. The van der Waals surface area contributed by atoms with Crippen molar-refractivity contribution in [2.45, 2.75) is 31.9 Å². The van der Waals surface area contributed by atoms with Crippen molar-refractivity contribution in [2.75, 3.05) is 19.7 Å². The minimum absolute atomic E-state index is 0.00720. The fraction of sp³-hybridized carbons (Fsp3) is 0.533. The Balaban J connectivity index is 1.74. The molecule has 5 heteroatoms. The number of carbonyl (C=O) groups is 1. The topological polar surface area (TPSA) is 50.4 Å². The summed E-state index contributed by atoms with van der Waals surface area (Å²) in [6.07, 6.45) is 2.18. The van der Waals surface area contributed by atoms with E-state index >= 15 is 0 Å². The molecule has 2 rings (SSSR count). The Hall–Kier alpha value is -0.910. The van der Waals surface area contributed by atoms with Gasteiger partial charge in [0.05, 0.1) is 12.1 Å². The highest BCUT2D eigenvalue weighted by Gasteiger charge is 2.16. The van der Waals surface area contributed by atoms with Crippen molar-refractivity contribution in [3.8, 4) is 0 Å². The van der Waals surface area contributed by atoms with Gasteiger partial charge in [-0.05, 0) is 50.6 Å². The monoisotopic (exact) mass is 340 g/mol. The van der Waals surface area contributed by atoms with Crippen LogP contribution in [-0.4, -0.2) is 31.7 Å². The third-order valence-corrected chi connectivity index (χ3v) is 4.01. The zero-order chi connectivity index (χ0) is 14.4. The van der Waals surface area contributed by atoms with Crippen molar-refractivity contribution >= 4 is 21.8 Å². The summed E-state index contributed by atoms with van der Waals surface area (Å²) in [5.74, 6) is -0.0565. The van der Waals surface area contributed by atoms with Gasteiger partial charge in [0.15, 0.2) is 0 Å². The lowest BCUT2D eigenvalue weighted by atomic mass is 10.1. The van der Waals surface area contributed by atoms with Crippen molar-refractivity contribution in [2.24, 2.45) is 0 Å². The Morgan fingerprint density at radius 2 is 2.05 bits per heavy atom. The number of carbonyl (C=O) groups excluding carboxylic acids is 1. The fourth-order valence-corrected chi connectivity index (χ4v) is 2.54. The molecule has 1 aliphatic rings. The Morgan fingerprint density at radius 3 is 2.70 bits per heavy atom. The van der Waals surface area contributed by atoms with Crippen LogP contribution >= 0.6 is 15.9 Å². The number of nitrogens with one attached hydrogen (secondary N) is 2. The van der Waals surface area contributed by atoms with E-state index in [0.29, 0.717) is 0 Å². The van der Waals surface area contributed by atoms with Gasteiger partial charge < -0.3 is 15.4 Å². The first-order valence-electron chi connectivity index (χ1n) is 7.02. The molecule has 1 aromatic carbocycles. The highest BCUT2D eigenvalue weighted by Crippen LogP contribution is 2.16. The van der Waals surface area contributed by atoms with E-state index in [1.54, 1.807) is 0 Å². The summed E-state index contributed by atoms with van der Waals surface area (Å²) in [6.45, 7) is 4.07. The third kappa shape index (κ3) is 4.89. The molecule has 1 saturated heterocycles. The van der Waals surface area contributed by atoms with Crippen LogP contribution in [0.3, 0.4) is 0 Å². The SMILES string of the molecule is C[C@H](NC(=O)COC1CCNCC1)c1ccc(Br)cc1. The van der Waals surface area contributed by atoms with Crippen LogP contribution in [0.1, 0.15) is 31.4 Å². The van der Waals surface area contributed by atoms with Crippen LogP contribution in [0.25, 0.3) is 0 Å². The number of rotatable bonds is 5. The first-order chi connectivity index (χ1) is 9.65. The van der Waals surface area contributed by atoms with Crippen LogP contribution in [0.5, 0.6) is 0 Å². The van der Waals surface area contributed by atoms with E-state index in [1.807, 2.05) is 31.2 Å². The number of hydrogen-bond donors (Lipinski definition) is 2. The first-order valence-corrected chi connectivity index (χ1v) is 7.81. The molecule has 1 aromatic rings. The van der Waals surface area contributed by atoms with Gasteiger partial charge in [-0.2, -0.15) is 0 Å². The second-order valence-electron chi connectivity index (χ2n) is 5.10. The summed E-state index contributed by atoms with van der Waals surface area (Å²) in [4.78, 5) is 11.9. The normalized spacial score (nSPS) is 17.7. The van der Waals surface area contributed by atoms with Gasteiger partial charge in [0.1, 0.15) is 6.61 Å². The molecule has 1 aliphatic heterocycles. The first kappa shape index (κ1) is 15.5. The van der Waals surface area contributed by atoms with Crippen LogP contribution in [0.4, 0.5) is 0 Å². The minimum atomic E-state index is -0.0565. The average Bonchev–Trinajstić information content (AvgIpc) is 2.47. The second-order valence-corrected chi connectivity index (χ2v) is 6.02. The fourth-order valence-electron chi connectivity index (χ4n) is 2.27. The zero-order valence-corrected chi connectivity index (χ0v) is 13.3. The molecule has 0 bridgehead atoms. The average molecular weight is 341 g/mol. The number of piperidine rings is 1. The van der Waals surface area contributed by atoms with Gasteiger partial charge in [-0.1, -0.05) is 28.1 Å². The summed E-state index contributed by atoms with van der Waals surface area (Å²) < 4.78 is 6.68. The Kier molecular flexibility index (Phi) is 6.01. The third-order valence-electron chi connectivity index (χ3n) is 3.48. The quantitative estimate of drug-likeness (QED) is 0.865. The Morgan fingerprint density at radius 1 is 1.40 bits per heavy atom. The predicted octanol–water partition coefficient (Wildman–Crippen LogP) is 2.39. The molecule has 1 atom stereocenters. The van der Waals surface area contributed by atoms with Gasteiger partial charge in [0.25, 0.3) is 0 Å². The van der Waals surface area contributed by atoms with Gasteiger partial charge in [0.2, 0.25) is 5.91 Å². The predicted molar refractivity (Wildman–Crippen MR) is 82.5 cm³/mol. The van der Waals surface area contributed by atoms with Crippen molar-refractivity contribution < 1.29 is 9.53 Å². The summed E-state index contributed by atoms with van der Waals surface area (Å²) in [7, 11) is 0. The van der Waals surface area contributed by atoms with Crippen molar-refractivity contribution in [1.29, 1.82) is 0 Å². The molecule has 20 heavy (non-hydrogen) atoms. The lowest BCUT2D eigenvalue weighted by Gasteiger charge is -2.23. The van der Waals surface area contributed by atoms with E-state index in [1.165, 1.54) is 0 Å². The molecule has 0 unspecified atom stereocenters. The molecule has 1 heterocycles. The number of hydrogen-bond acceptors (Lipinski definition) is 3. The van der Waals surface area contributed by atoms with E-state index in [-0.39, 0.29) is 24.7 Å². The maximum atomic E-state index is 11.9. The summed E-state index contributed by atoms with van der Waals surface area (Å²) in [6, 6.07) is 7.95. The van der Waals surface area contributed by atoms with Gasteiger partial charge in [-0.25, -0.2) is 0 Å². The molecule has 0 aliphatic carbocycles. The van der Waals surface area contributed by atoms with E-state index in [0.717, 1.165) is 36.0 Å². The number of benzene rings is 1. The molecular formula is C15H21BrN2O2. The minimum Gasteiger partial charge on any atom is -0.368 e. The van der Waals surface area contributed by atoms with Crippen molar-refractivity contribution in [3.05, 3.63) is 34.3 Å². The molecule has 0 radical (unpaired) electrons. The molecule has 1 fully saturated rings. The number of ether oxygens (including phenoxy) is 1. The summed E-state index contributed by atoms with van der Waals surface area (Å²) >= 11 is 3.40. The lowest BCUT2D eigenvalue weighted by Crippen LogP contribution is -2.36. The number of halogens is 1. The maximum absolute atomic E-state index is 11.9. The van der Waals surface area contributed by atoms with Gasteiger partial charge >= 0.3 is 0 Å².